The Kier molecular flexibility index (Phi) is 4.27. The van der Waals surface area contributed by atoms with Gasteiger partial charge < -0.3 is 9.47 Å². The summed E-state index contributed by atoms with van der Waals surface area (Å²) >= 11 is 0. The van der Waals surface area contributed by atoms with Gasteiger partial charge in [-0.25, -0.2) is 18.4 Å². The smallest absolute Gasteiger partial charge is 0.346 e. The summed E-state index contributed by atoms with van der Waals surface area (Å²) < 4.78 is 35.6. The van der Waals surface area contributed by atoms with E-state index in [0.29, 0.717) is 6.07 Å². The van der Waals surface area contributed by atoms with Gasteiger partial charge in [-0.1, -0.05) is 0 Å². The zero-order chi connectivity index (χ0) is 15.4. The van der Waals surface area contributed by atoms with Crippen LogP contribution in [0.5, 0.6) is 5.75 Å². The number of hydrogen-bond donors (Lipinski definition) is 0. The highest BCUT2D eigenvalue weighted by Crippen LogP contribution is 2.16. The Labute approximate surface area is 118 Å². The number of carbonyl (C=O) groups excluding carboxylic acids is 2. The Bertz CT molecular complexity index is 681. The molecule has 0 bridgehead atoms. The minimum atomic E-state index is -1.01. The molecule has 0 unspecified atom stereocenters. The average molecular weight is 292 g/mol. The fraction of sp³-hybridized carbons (Fsp3) is 0.0667. The third-order valence-electron chi connectivity index (χ3n) is 2.64. The normalized spacial score (nSPS) is 10.0. The molecule has 0 atom stereocenters. The van der Waals surface area contributed by atoms with E-state index >= 15 is 0 Å². The predicted molar refractivity (Wildman–Crippen MR) is 69.1 cm³/mol. The van der Waals surface area contributed by atoms with Crippen LogP contribution in [-0.4, -0.2) is 19.0 Å². The third-order valence-corrected chi connectivity index (χ3v) is 2.64. The average Bonchev–Trinajstić information content (AvgIpc) is 2.47. The summed E-state index contributed by atoms with van der Waals surface area (Å²) in [6, 6.07) is 8.08. The first-order valence-electron chi connectivity index (χ1n) is 5.87. The van der Waals surface area contributed by atoms with Crippen molar-refractivity contribution >= 4 is 11.9 Å². The van der Waals surface area contributed by atoms with Gasteiger partial charge in [0, 0.05) is 6.07 Å². The van der Waals surface area contributed by atoms with Crippen molar-refractivity contribution in [3.63, 3.8) is 0 Å². The SMILES string of the molecule is COC(=O)c1ccc(OC(=O)c2ccc(F)cc2F)cc1. The van der Waals surface area contributed by atoms with Gasteiger partial charge in [0.2, 0.25) is 0 Å². The minimum absolute atomic E-state index is 0.122. The summed E-state index contributed by atoms with van der Waals surface area (Å²) in [6.07, 6.45) is 0. The van der Waals surface area contributed by atoms with Gasteiger partial charge >= 0.3 is 11.9 Å². The Morgan fingerprint density at radius 3 is 2.19 bits per heavy atom. The molecule has 0 aliphatic rings. The summed E-state index contributed by atoms with van der Waals surface area (Å²) in [4.78, 5) is 23.0. The molecule has 4 nitrogen and oxygen atoms in total. The number of carbonyl (C=O) groups is 2. The molecule has 0 spiro atoms. The van der Waals surface area contributed by atoms with Crippen molar-refractivity contribution in [2.45, 2.75) is 0 Å². The lowest BCUT2D eigenvalue weighted by molar-refractivity contribution is 0.0600. The molecule has 2 aromatic rings. The fourth-order valence-corrected chi connectivity index (χ4v) is 1.59. The van der Waals surface area contributed by atoms with Gasteiger partial charge in [0.15, 0.2) is 0 Å². The number of methoxy groups -OCH3 is 1. The van der Waals surface area contributed by atoms with Crippen LogP contribution in [-0.2, 0) is 4.74 Å². The third kappa shape index (κ3) is 3.42. The summed E-state index contributed by atoms with van der Waals surface area (Å²) in [5.41, 5.74) is -0.0984. The van der Waals surface area contributed by atoms with Crippen LogP contribution >= 0.6 is 0 Å². The second-order valence-corrected chi connectivity index (χ2v) is 4.03. The molecule has 21 heavy (non-hydrogen) atoms. The van der Waals surface area contributed by atoms with E-state index < -0.39 is 23.6 Å². The van der Waals surface area contributed by atoms with Crippen molar-refractivity contribution in [2.75, 3.05) is 7.11 Å². The van der Waals surface area contributed by atoms with E-state index in [1.807, 2.05) is 0 Å². The molecule has 108 valence electrons. The van der Waals surface area contributed by atoms with Gasteiger partial charge in [-0.05, 0) is 36.4 Å². The first kappa shape index (κ1) is 14.6. The number of hydrogen-bond acceptors (Lipinski definition) is 4. The molecule has 0 aliphatic heterocycles. The summed E-state index contributed by atoms with van der Waals surface area (Å²) in [5, 5.41) is 0. The van der Waals surface area contributed by atoms with Crippen LogP contribution in [0.4, 0.5) is 8.78 Å². The summed E-state index contributed by atoms with van der Waals surface area (Å²) in [7, 11) is 1.24. The maximum Gasteiger partial charge on any atom is 0.346 e. The predicted octanol–water partition coefficient (Wildman–Crippen LogP) is 2.97. The van der Waals surface area contributed by atoms with Crippen LogP contribution < -0.4 is 4.74 Å². The quantitative estimate of drug-likeness (QED) is 0.644. The van der Waals surface area contributed by atoms with Gasteiger partial charge in [-0.2, -0.15) is 0 Å². The van der Waals surface area contributed by atoms with Crippen molar-refractivity contribution in [3.8, 4) is 5.75 Å². The topological polar surface area (TPSA) is 52.6 Å². The summed E-state index contributed by atoms with van der Waals surface area (Å²) in [6.45, 7) is 0. The Hall–Kier alpha value is -2.76. The monoisotopic (exact) mass is 292 g/mol. The molecular weight excluding hydrogens is 282 g/mol. The maximum atomic E-state index is 13.4. The molecular formula is C15H10F2O4. The Balaban J connectivity index is 2.14. The van der Waals surface area contributed by atoms with Crippen LogP contribution in [0.15, 0.2) is 42.5 Å². The first-order chi connectivity index (χ1) is 10.0. The molecule has 0 fully saturated rings. The second kappa shape index (κ2) is 6.13. The van der Waals surface area contributed by atoms with Gasteiger partial charge in [0.05, 0.1) is 18.2 Å². The van der Waals surface area contributed by atoms with E-state index in [0.717, 1.165) is 12.1 Å². The van der Waals surface area contributed by atoms with Crippen LogP contribution in [0.3, 0.4) is 0 Å². The molecule has 0 aromatic heterocycles. The zero-order valence-electron chi connectivity index (χ0n) is 10.9. The number of halogens is 2. The van der Waals surface area contributed by atoms with Crippen LogP contribution in [0.2, 0.25) is 0 Å². The lowest BCUT2D eigenvalue weighted by Gasteiger charge is -2.06. The molecule has 0 amide bonds. The Morgan fingerprint density at radius 2 is 1.62 bits per heavy atom. The van der Waals surface area contributed by atoms with Crippen molar-refractivity contribution in [3.05, 3.63) is 65.2 Å². The molecule has 0 N–H and O–H groups in total. The zero-order valence-corrected chi connectivity index (χ0v) is 10.9. The van der Waals surface area contributed by atoms with E-state index in [1.54, 1.807) is 0 Å². The molecule has 0 aliphatic carbocycles. The minimum Gasteiger partial charge on any atom is -0.465 e. The number of rotatable bonds is 3. The van der Waals surface area contributed by atoms with E-state index in [1.165, 1.54) is 31.4 Å². The van der Waals surface area contributed by atoms with E-state index in [9.17, 15) is 18.4 Å². The number of benzene rings is 2. The summed E-state index contributed by atoms with van der Waals surface area (Å²) in [5.74, 6) is -3.16. The van der Waals surface area contributed by atoms with Crippen molar-refractivity contribution in [1.82, 2.24) is 0 Å². The van der Waals surface area contributed by atoms with Gasteiger partial charge in [0.1, 0.15) is 17.4 Å². The van der Waals surface area contributed by atoms with Crippen molar-refractivity contribution in [2.24, 2.45) is 0 Å². The van der Waals surface area contributed by atoms with E-state index in [2.05, 4.69) is 4.74 Å². The molecule has 0 saturated heterocycles. The van der Waals surface area contributed by atoms with Crippen LogP contribution in [0.1, 0.15) is 20.7 Å². The highest BCUT2D eigenvalue weighted by Gasteiger charge is 2.15. The van der Waals surface area contributed by atoms with Crippen molar-refractivity contribution in [1.29, 1.82) is 0 Å². The van der Waals surface area contributed by atoms with E-state index in [-0.39, 0.29) is 16.9 Å². The Morgan fingerprint density at radius 1 is 0.952 bits per heavy atom. The second-order valence-electron chi connectivity index (χ2n) is 4.03. The van der Waals surface area contributed by atoms with Gasteiger partial charge in [-0.3, -0.25) is 0 Å². The molecule has 6 heteroatoms. The fourth-order valence-electron chi connectivity index (χ4n) is 1.59. The molecule has 2 rings (SSSR count). The van der Waals surface area contributed by atoms with Crippen LogP contribution in [0.25, 0.3) is 0 Å². The van der Waals surface area contributed by atoms with Crippen LogP contribution in [0, 0.1) is 11.6 Å². The standard InChI is InChI=1S/C15H10F2O4/c1-20-14(18)9-2-5-11(6-3-9)21-15(19)12-7-4-10(16)8-13(12)17/h2-8H,1H3. The molecule has 2 aromatic carbocycles. The molecule has 0 radical (unpaired) electrons. The molecule has 0 heterocycles. The maximum absolute atomic E-state index is 13.4. The lowest BCUT2D eigenvalue weighted by atomic mass is 10.2. The highest BCUT2D eigenvalue weighted by molar-refractivity contribution is 5.92. The first-order valence-corrected chi connectivity index (χ1v) is 5.87. The van der Waals surface area contributed by atoms with Gasteiger partial charge in [-0.15, -0.1) is 0 Å². The lowest BCUT2D eigenvalue weighted by Crippen LogP contribution is -2.11. The number of ether oxygens (including phenoxy) is 2. The van der Waals surface area contributed by atoms with E-state index in [4.69, 9.17) is 4.74 Å². The van der Waals surface area contributed by atoms with Gasteiger partial charge in [0.25, 0.3) is 0 Å². The largest absolute Gasteiger partial charge is 0.465 e. The number of esters is 2. The molecule has 0 saturated carbocycles. The highest BCUT2D eigenvalue weighted by atomic mass is 19.1. The van der Waals surface area contributed by atoms with Crippen molar-refractivity contribution < 1.29 is 27.8 Å².